The molecule has 0 bridgehead atoms. The number of benzene rings is 2. The number of aryl methyl sites for hydroxylation is 2. The molecule has 2 fully saturated rings. The molecule has 1 unspecified atom stereocenters. The molecule has 1 saturated carbocycles. The van der Waals surface area contributed by atoms with E-state index >= 15 is 0 Å². The Morgan fingerprint density at radius 3 is 2.45 bits per heavy atom. The highest BCUT2D eigenvalue weighted by Crippen LogP contribution is 2.33. The minimum absolute atomic E-state index is 0.0634. The molecule has 1 saturated heterocycles. The van der Waals surface area contributed by atoms with Crippen LogP contribution in [0.4, 0.5) is 4.39 Å². The van der Waals surface area contributed by atoms with E-state index in [1.807, 2.05) is 36.9 Å². The molecule has 0 N–H and O–H groups in total. The van der Waals surface area contributed by atoms with Crippen LogP contribution in [0.15, 0.2) is 53.3 Å². The largest absolute Gasteiger partial charge is 0.342 e. The summed E-state index contributed by atoms with van der Waals surface area (Å²) in [7, 11) is 0. The lowest BCUT2D eigenvalue weighted by atomic mass is 9.99. The molecule has 2 heterocycles. The molecule has 0 radical (unpaired) electrons. The molecule has 3 aromatic rings. The summed E-state index contributed by atoms with van der Waals surface area (Å²) in [4.78, 5) is 32.2. The topological polar surface area (TPSA) is 55.2 Å². The molecule has 1 aliphatic heterocycles. The molecule has 1 atom stereocenters. The second-order valence-electron chi connectivity index (χ2n) is 9.42. The van der Waals surface area contributed by atoms with E-state index in [2.05, 4.69) is 0 Å². The fourth-order valence-corrected chi connectivity index (χ4v) is 4.77. The number of halogens is 1. The van der Waals surface area contributed by atoms with Crippen LogP contribution in [0.25, 0.3) is 22.5 Å². The molecule has 6 heteroatoms. The number of nitrogens with zero attached hydrogens (tertiary/aromatic N) is 3. The molecule has 1 aliphatic carbocycles. The predicted molar refractivity (Wildman–Crippen MR) is 126 cm³/mol. The van der Waals surface area contributed by atoms with Gasteiger partial charge in [-0.15, -0.1) is 0 Å². The van der Waals surface area contributed by atoms with Gasteiger partial charge in [-0.25, -0.2) is 9.37 Å². The number of carbonyl (C=O) groups excluding carboxylic acids is 1. The molecular weight excluding hydrogens is 417 g/mol. The molecule has 5 nitrogen and oxygen atoms in total. The number of carbonyl (C=O) groups is 1. The molecule has 33 heavy (non-hydrogen) atoms. The van der Waals surface area contributed by atoms with Gasteiger partial charge < -0.3 is 4.90 Å². The van der Waals surface area contributed by atoms with E-state index in [1.165, 1.54) is 12.1 Å². The fourth-order valence-electron chi connectivity index (χ4n) is 4.77. The number of aromatic nitrogens is 2. The number of rotatable bonds is 5. The second kappa shape index (κ2) is 8.58. The summed E-state index contributed by atoms with van der Waals surface area (Å²) >= 11 is 0. The minimum atomic E-state index is -0.260. The van der Waals surface area contributed by atoms with Gasteiger partial charge in [0.15, 0.2) is 0 Å². The van der Waals surface area contributed by atoms with Gasteiger partial charge in [-0.1, -0.05) is 30.3 Å². The van der Waals surface area contributed by atoms with Crippen LogP contribution in [0.2, 0.25) is 0 Å². The van der Waals surface area contributed by atoms with Gasteiger partial charge in [0, 0.05) is 42.9 Å². The van der Waals surface area contributed by atoms with Crippen molar-refractivity contribution in [3.8, 4) is 22.5 Å². The lowest BCUT2D eigenvalue weighted by Gasteiger charge is -2.19. The van der Waals surface area contributed by atoms with E-state index in [0.717, 1.165) is 48.1 Å². The van der Waals surface area contributed by atoms with Crippen molar-refractivity contribution in [2.24, 2.45) is 11.8 Å². The zero-order chi connectivity index (χ0) is 23.1. The molecule has 1 aromatic heterocycles. The van der Waals surface area contributed by atoms with Crippen LogP contribution in [-0.2, 0) is 11.3 Å². The minimum Gasteiger partial charge on any atom is -0.342 e. The summed E-state index contributed by atoms with van der Waals surface area (Å²) in [5.74, 6) is 1.15. The lowest BCUT2D eigenvalue weighted by molar-refractivity contribution is -0.131. The predicted octanol–water partition coefficient (Wildman–Crippen LogP) is 4.59. The number of hydrogen-bond donors (Lipinski definition) is 0. The summed E-state index contributed by atoms with van der Waals surface area (Å²) in [5, 5.41) is 0. The van der Waals surface area contributed by atoms with E-state index < -0.39 is 0 Å². The van der Waals surface area contributed by atoms with Gasteiger partial charge in [-0.3, -0.25) is 14.2 Å². The van der Waals surface area contributed by atoms with Crippen molar-refractivity contribution in [2.75, 3.05) is 13.1 Å². The van der Waals surface area contributed by atoms with E-state index in [9.17, 15) is 14.0 Å². The third-order valence-electron chi connectivity index (χ3n) is 6.75. The highest BCUT2D eigenvalue weighted by molar-refractivity contribution is 5.81. The maximum Gasteiger partial charge on any atom is 0.253 e. The van der Waals surface area contributed by atoms with Gasteiger partial charge in [0.05, 0.1) is 0 Å². The van der Waals surface area contributed by atoms with Crippen LogP contribution in [0.1, 0.15) is 30.5 Å². The van der Waals surface area contributed by atoms with Crippen LogP contribution >= 0.6 is 0 Å². The molecule has 2 aromatic carbocycles. The van der Waals surface area contributed by atoms with Gasteiger partial charge in [0.2, 0.25) is 5.91 Å². The van der Waals surface area contributed by atoms with E-state index in [-0.39, 0.29) is 29.1 Å². The van der Waals surface area contributed by atoms with E-state index in [1.54, 1.807) is 22.8 Å². The van der Waals surface area contributed by atoms with Crippen LogP contribution in [0, 0.1) is 31.5 Å². The maximum absolute atomic E-state index is 13.3. The first-order valence-electron chi connectivity index (χ1n) is 11.6. The fraction of sp³-hybridized carbons (Fsp3) is 0.370. The van der Waals surface area contributed by atoms with Crippen LogP contribution in [0.3, 0.4) is 0 Å². The average molecular weight is 446 g/mol. The average Bonchev–Trinajstić information content (AvgIpc) is 3.54. The third-order valence-corrected chi connectivity index (χ3v) is 6.75. The molecule has 0 spiro atoms. The molecular formula is C27H28FN3O2. The second-order valence-corrected chi connectivity index (χ2v) is 9.42. The monoisotopic (exact) mass is 445 g/mol. The Balaban J connectivity index is 1.44. The van der Waals surface area contributed by atoms with Crippen LogP contribution in [-0.4, -0.2) is 33.4 Å². The van der Waals surface area contributed by atoms with Gasteiger partial charge in [-0.05, 0) is 67.9 Å². The van der Waals surface area contributed by atoms with Gasteiger partial charge in [-0.2, -0.15) is 0 Å². The van der Waals surface area contributed by atoms with Crippen LogP contribution in [0.5, 0.6) is 0 Å². The van der Waals surface area contributed by atoms with Crippen molar-refractivity contribution < 1.29 is 9.18 Å². The quantitative estimate of drug-likeness (QED) is 0.577. The summed E-state index contributed by atoms with van der Waals surface area (Å²) in [6.45, 7) is 5.87. The molecule has 1 amide bonds. The van der Waals surface area contributed by atoms with Crippen molar-refractivity contribution in [3.05, 3.63) is 76.0 Å². The Bertz CT molecular complexity index is 1260. The highest BCUT2D eigenvalue weighted by Gasteiger charge is 2.36. The normalized spacial score (nSPS) is 18.0. The number of hydrogen-bond acceptors (Lipinski definition) is 3. The third kappa shape index (κ3) is 4.47. The molecule has 2 aliphatic rings. The van der Waals surface area contributed by atoms with Gasteiger partial charge in [0.25, 0.3) is 5.56 Å². The Kier molecular flexibility index (Phi) is 5.60. The zero-order valence-electron chi connectivity index (χ0n) is 19.1. The molecule has 170 valence electrons. The zero-order valence-corrected chi connectivity index (χ0v) is 19.1. The Labute approximate surface area is 192 Å². The first-order valence-corrected chi connectivity index (χ1v) is 11.6. The van der Waals surface area contributed by atoms with Crippen molar-refractivity contribution in [1.29, 1.82) is 0 Å². The van der Waals surface area contributed by atoms with E-state index in [0.29, 0.717) is 24.6 Å². The molecule has 5 rings (SSSR count). The SMILES string of the molecule is Cc1cc(=O)n(CC2CCN(C(=O)C3CC3)C2)c(-c2ccc(-c3ccc(F)cc3)cc2C)n1. The number of likely N-dealkylation sites (tertiary alicyclic amines) is 1. The lowest BCUT2D eigenvalue weighted by Crippen LogP contribution is -2.32. The van der Waals surface area contributed by atoms with Crippen molar-refractivity contribution >= 4 is 5.91 Å². The Morgan fingerprint density at radius 1 is 1.03 bits per heavy atom. The summed E-state index contributed by atoms with van der Waals surface area (Å²) < 4.78 is 15.1. The Hall–Kier alpha value is -3.28. The summed E-state index contributed by atoms with van der Waals surface area (Å²) in [6, 6.07) is 14.0. The standard InChI is InChI=1S/C27H28FN3O2/c1-17-13-22(20-5-8-23(28)9-6-20)7-10-24(17)26-29-18(2)14-25(32)31(26)16-19-11-12-30(15-19)27(33)21-3-4-21/h5-10,13-14,19,21H,3-4,11-12,15-16H2,1-2H3. The summed E-state index contributed by atoms with van der Waals surface area (Å²) in [5.41, 5.74) is 4.46. The van der Waals surface area contributed by atoms with Crippen molar-refractivity contribution in [3.63, 3.8) is 0 Å². The first-order chi connectivity index (χ1) is 15.9. The van der Waals surface area contributed by atoms with Crippen molar-refractivity contribution in [1.82, 2.24) is 14.5 Å². The van der Waals surface area contributed by atoms with Crippen molar-refractivity contribution in [2.45, 2.75) is 39.7 Å². The smallest absolute Gasteiger partial charge is 0.253 e. The number of amides is 1. The maximum atomic E-state index is 13.3. The van der Waals surface area contributed by atoms with E-state index in [4.69, 9.17) is 4.98 Å². The van der Waals surface area contributed by atoms with Crippen LogP contribution < -0.4 is 5.56 Å². The summed E-state index contributed by atoms with van der Waals surface area (Å²) in [6.07, 6.45) is 2.93. The highest BCUT2D eigenvalue weighted by atomic mass is 19.1. The Morgan fingerprint density at radius 2 is 1.76 bits per heavy atom. The van der Waals surface area contributed by atoms with Gasteiger partial charge in [0.1, 0.15) is 11.6 Å². The first kappa shape index (κ1) is 21.6. The van der Waals surface area contributed by atoms with Gasteiger partial charge >= 0.3 is 0 Å².